The molecule has 1 aromatic heterocycles. The van der Waals surface area contributed by atoms with Gasteiger partial charge in [-0.05, 0) is 56.5 Å². The normalized spacial score (nSPS) is 17.2. The lowest BCUT2D eigenvalue weighted by molar-refractivity contribution is 0.219. The van der Waals surface area contributed by atoms with Crippen LogP contribution in [0.4, 0.5) is 5.69 Å². The summed E-state index contributed by atoms with van der Waals surface area (Å²) in [5.74, 6) is 0. The highest BCUT2D eigenvalue weighted by atomic mass is 15.1. The van der Waals surface area contributed by atoms with E-state index in [4.69, 9.17) is 0 Å². The maximum atomic E-state index is 4.52. The molecule has 0 amide bonds. The standard InChI is InChI=1S/C18H25N3/c1-3-11-21-12-8-15(9-13-21)20-17-7-6-14(2)18-16(17)5-4-10-19-18/h4-7,10,15,20H,3,8-9,11-13H2,1-2H3. The van der Waals surface area contributed by atoms with Crippen molar-refractivity contribution < 1.29 is 0 Å². The molecule has 2 aromatic rings. The number of piperidine rings is 1. The van der Waals surface area contributed by atoms with Crippen LogP contribution in [0.2, 0.25) is 0 Å². The van der Waals surface area contributed by atoms with Crippen LogP contribution in [0.1, 0.15) is 31.7 Å². The van der Waals surface area contributed by atoms with E-state index in [0.29, 0.717) is 6.04 Å². The Morgan fingerprint density at radius 2 is 2.05 bits per heavy atom. The van der Waals surface area contributed by atoms with Crippen molar-refractivity contribution in [3.63, 3.8) is 0 Å². The first-order chi connectivity index (χ1) is 10.3. The molecule has 3 heteroatoms. The van der Waals surface area contributed by atoms with E-state index in [1.807, 2.05) is 12.3 Å². The van der Waals surface area contributed by atoms with Crippen molar-refractivity contribution in [3.05, 3.63) is 36.0 Å². The minimum Gasteiger partial charge on any atom is -0.382 e. The summed E-state index contributed by atoms with van der Waals surface area (Å²) in [6.45, 7) is 8.06. The summed E-state index contributed by atoms with van der Waals surface area (Å²) in [7, 11) is 0. The lowest BCUT2D eigenvalue weighted by Gasteiger charge is -2.32. The fourth-order valence-corrected chi connectivity index (χ4v) is 3.28. The Balaban J connectivity index is 1.73. The summed E-state index contributed by atoms with van der Waals surface area (Å²) in [6, 6.07) is 9.16. The first kappa shape index (κ1) is 14.3. The van der Waals surface area contributed by atoms with Gasteiger partial charge in [-0.15, -0.1) is 0 Å². The zero-order valence-electron chi connectivity index (χ0n) is 13.1. The summed E-state index contributed by atoms with van der Waals surface area (Å²) in [5, 5.41) is 4.99. The van der Waals surface area contributed by atoms with Crippen LogP contribution >= 0.6 is 0 Å². The Morgan fingerprint density at radius 1 is 1.24 bits per heavy atom. The number of aromatic nitrogens is 1. The summed E-state index contributed by atoms with van der Waals surface area (Å²) in [4.78, 5) is 7.10. The first-order valence-corrected chi connectivity index (χ1v) is 8.11. The van der Waals surface area contributed by atoms with Gasteiger partial charge in [0, 0.05) is 36.4 Å². The number of fused-ring (bicyclic) bond motifs is 1. The maximum Gasteiger partial charge on any atom is 0.0751 e. The number of pyridine rings is 1. The van der Waals surface area contributed by atoms with Crippen LogP contribution in [-0.2, 0) is 0 Å². The van der Waals surface area contributed by atoms with Gasteiger partial charge in [-0.1, -0.05) is 13.0 Å². The second-order valence-corrected chi connectivity index (χ2v) is 6.09. The Labute approximate surface area is 127 Å². The fourth-order valence-electron chi connectivity index (χ4n) is 3.28. The summed E-state index contributed by atoms with van der Waals surface area (Å²) >= 11 is 0. The molecule has 21 heavy (non-hydrogen) atoms. The van der Waals surface area contributed by atoms with E-state index < -0.39 is 0 Å². The van der Waals surface area contributed by atoms with E-state index in [1.165, 1.54) is 55.5 Å². The van der Waals surface area contributed by atoms with Crippen molar-refractivity contribution in [3.8, 4) is 0 Å². The SMILES string of the molecule is CCCN1CCC(Nc2ccc(C)c3ncccc23)CC1. The highest BCUT2D eigenvalue weighted by molar-refractivity contribution is 5.93. The maximum absolute atomic E-state index is 4.52. The molecule has 0 unspecified atom stereocenters. The lowest BCUT2D eigenvalue weighted by Crippen LogP contribution is -2.39. The molecule has 3 rings (SSSR count). The van der Waals surface area contributed by atoms with E-state index >= 15 is 0 Å². The van der Waals surface area contributed by atoms with Gasteiger partial charge in [-0.2, -0.15) is 0 Å². The van der Waals surface area contributed by atoms with Crippen molar-refractivity contribution >= 4 is 16.6 Å². The molecule has 1 aliphatic rings. The summed E-state index contributed by atoms with van der Waals surface area (Å²) in [5.41, 5.74) is 3.59. The molecule has 0 aliphatic carbocycles. The third-order valence-electron chi connectivity index (χ3n) is 4.46. The zero-order valence-corrected chi connectivity index (χ0v) is 13.1. The van der Waals surface area contributed by atoms with Gasteiger partial charge < -0.3 is 10.2 Å². The van der Waals surface area contributed by atoms with Gasteiger partial charge in [-0.3, -0.25) is 4.98 Å². The summed E-state index contributed by atoms with van der Waals surface area (Å²) in [6.07, 6.45) is 5.60. The van der Waals surface area contributed by atoms with Gasteiger partial charge in [-0.25, -0.2) is 0 Å². The van der Waals surface area contributed by atoms with Crippen LogP contribution in [0.5, 0.6) is 0 Å². The second-order valence-electron chi connectivity index (χ2n) is 6.09. The molecule has 1 saturated heterocycles. The van der Waals surface area contributed by atoms with E-state index in [-0.39, 0.29) is 0 Å². The van der Waals surface area contributed by atoms with Gasteiger partial charge in [0.05, 0.1) is 5.52 Å². The Morgan fingerprint density at radius 3 is 2.81 bits per heavy atom. The second kappa shape index (κ2) is 6.44. The molecule has 0 radical (unpaired) electrons. The molecule has 0 atom stereocenters. The van der Waals surface area contributed by atoms with Gasteiger partial charge in [0.25, 0.3) is 0 Å². The average molecular weight is 283 g/mol. The van der Waals surface area contributed by atoms with Crippen LogP contribution in [0, 0.1) is 6.92 Å². The topological polar surface area (TPSA) is 28.2 Å². The Kier molecular flexibility index (Phi) is 4.39. The molecule has 2 heterocycles. The smallest absolute Gasteiger partial charge is 0.0751 e. The predicted octanol–water partition coefficient (Wildman–Crippen LogP) is 3.83. The molecule has 112 valence electrons. The molecule has 1 N–H and O–H groups in total. The molecule has 1 aliphatic heterocycles. The van der Waals surface area contributed by atoms with Crippen molar-refractivity contribution in [1.29, 1.82) is 0 Å². The number of rotatable bonds is 4. The highest BCUT2D eigenvalue weighted by Gasteiger charge is 2.19. The van der Waals surface area contributed by atoms with Crippen molar-refractivity contribution in [2.45, 2.75) is 39.2 Å². The average Bonchev–Trinajstić information content (AvgIpc) is 2.52. The van der Waals surface area contributed by atoms with E-state index in [2.05, 4.69) is 47.2 Å². The molecule has 0 saturated carbocycles. The third kappa shape index (κ3) is 3.18. The quantitative estimate of drug-likeness (QED) is 0.924. The van der Waals surface area contributed by atoms with Crippen molar-refractivity contribution in [2.24, 2.45) is 0 Å². The van der Waals surface area contributed by atoms with Gasteiger partial charge >= 0.3 is 0 Å². The van der Waals surface area contributed by atoms with Crippen LogP contribution in [-0.4, -0.2) is 35.6 Å². The predicted molar refractivity (Wildman–Crippen MR) is 89.9 cm³/mol. The molecule has 3 nitrogen and oxygen atoms in total. The number of anilines is 1. The zero-order chi connectivity index (χ0) is 14.7. The van der Waals surface area contributed by atoms with Gasteiger partial charge in [0.15, 0.2) is 0 Å². The van der Waals surface area contributed by atoms with Crippen molar-refractivity contribution in [1.82, 2.24) is 9.88 Å². The number of nitrogens with one attached hydrogen (secondary N) is 1. The number of aryl methyl sites for hydroxylation is 1. The Hall–Kier alpha value is -1.61. The largest absolute Gasteiger partial charge is 0.382 e. The van der Waals surface area contributed by atoms with Crippen LogP contribution < -0.4 is 5.32 Å². The number of hydrogen-bond acceptors (Lipinski definition) is 3. The lowest BCUT2D eigenvalue weighted by atomic mass is 10.0. The summed E-state index contributed by atoms with van der Waals surface area (Å²) < 4.78 is 0. The minimum atomic E-state index is 0.587. The van der Waals surface area contributed by atoms with Crippen LogP contribution in [0.15, 0.2) is 30.5 Å². The molecule has 0 bridgehead atoms. The molecular weight excluding hydrogens is 258 g/mol. The van der Waals surface area contributed by atoms with Gasteiger partial charge in [0.2, 0.25) is 0 Å². The first-order valence-electron chi connectivity index (χ1n) is 8.11. The number of nitrogens with zero attached hydrogens (tertiary/aromatic N) is 2. The number of benzene rings is 1. The number of hydrogen-bond donors (Lipinski definition) is 1. The van der Waals surface area contributed by atoms with Gasteiger partial charge in [0.1, 0.15) is 0 Å². The van der Waals surface area contributed by atoms with Crippen LogP contribution in [0.25, 0.3) is 10.9 Å². The monoisotopic (exact) mass is 283 g/mol. The van der Waals surface area contributed by atoms with E-state index in [9.17, 15) is 0 Å². The fraction of sp³-hybridized carbons (Fsp3) is 0.500. The highest BCUT2D eigenvalue weighted by Crippen LogP contribution is 2.26. The van der Waals surface area contributed by atoms with Crippen LogP contribution in [0.3, 0.4) is 0 Å². The molecule has 1 fully saturated rings. The number of likely N-dealkylation sites (tertiary alicyclic amines) is 1. The molecular formula is C18H25N3. The molecule has 0 spiro atoms. The van der Waals surface area contributed by atoms with E-state index in [0.717, 1.165) is 5.52 Å². The molecule has 1 aromatic carbocycles. The van der Waals surface area contributed by atoms with E-state index in [1.54, 1.807) is 0 Å². The van der Waals surface area contributed by atoms with Crippen molar-refractivity contribution in [2.75, 3.05) is 25.0 Å². The third-order valence-corrected chi connectivity index (χ3v) is 4.46. The minimum absolute atomic E-state index is 0.587. The Bertz CT molecular complexity index is 600.